The predicted octanol–water partition coefficient (Wildman–Crippen LogP) is -0.0211. The quantitative estimate of drug-likeness (QED) is 0.474. The van der Waals surface area contributed by atoms with Gasteiger partial charge >= 0.3 is 5.97 Å². The normalized spacial score (nSPS) is 33.7. The van der Waals surface area contributed by atoms with Gasteiger partial charge in [-0.05, 0) is 13.0 Å². The van der Waals surface area contributed by atoms with Gasteiger partial charge in [-0.25, -0.2) is 0 Å². The third-order valence-electron chi connectivity index (χ3n) is 1.77. The van der Waals surface area contributed by atoms with Gasteiger partial charge in [0.1, 0.15) is 0 Å². The molecule has 0 spiro atoms. The summed E-state index contributed by atoms with van der Waals surface area (Å²) in [7, 11) is 0. The van der Waals surface area contributed by atoms with E-state index in [0.717, 1.165) is 6.54 Å². The molecular weight excluding hydrogens is 150 g/mol. The van der Waals surface area contributed by atoms with Gasteiger partial charge in [-0.15, -0.1) is 0 Å². The van der Waals surface area contributed by atoms with Crippen LogP contribution in [0.4, 0.5) is 0 Å². The van der Waals surface area contributed by atoms with Crippen LogP contribution in [0, 0.1) is 5.92 Å². The molecule has 58 valence electrons. The van der Waals surface area contributed by atoms with Crippen molar-refractivity contribution in [1.82, 2.24) is 5.32 Å². The number of rotatable bonds is 1. The molecule has 0 unspecified atom stereocenters. The second-order valence-corrected chi connectivity index (χ2v) is 3.17. The summed E-state index contributed by atoms with van der Waals surface area (Å²) in [5.41, 5.74) is 0. The van der Waals surface area contributed by atoms with Gasteiger partial charge in [-0.3, -0.25) is 4.79 Å². The van der Waals surface area contributed by atoms with Crippen LogP contribution >= 0.6 is 12.6 Å². The van der Waals surface area contributed by atoms with Crippen LogP contribution in [-0.4, -0.2) is 29.4 Å². The number of nitrogens with one attached hydrogen (secondary N) is 1. The molecule has 1 heterocycles. The minimum Gasteiger partial charge on any atom is -0.481 e. The Hall–Kier alpha value is -0.220. The van der Waals surface area contributed by atoms with Crippen LogP contribution in [0.15, 0.2) is 0 Å². The molecule has 1 aliphatic rings. The molecular formula is C6H11NO2S. The molecule has 0 aliphatic carbocycles. The van der Waals surface area contributed by atoms with Crippen LogP contribution in [0.3, 0.4) is 0 Å². The van der Waals surface area contributed by atoms with Crippen LogP contribution in [0.1, 0.15) is 6.42 Å². The lowest BCUT2D eigenvalue weighted by molar-refractivity contribution is -0.142. The first kappa shape index (κ1) is 7.88. The van der Waals surface area contributed by atoms with Crippen molar-refractivity contribution in [2.75, 3.05) is 13.1 Å². The Kier molecular flexibility index (Phi) is 2.56. The average molecular weight is 161 g/mol. The fourth-order valence-electron chi connectivity index (χ4n) is 1.13. The molecule has 3 nitrogen and oxygen atoms in total. The van der Waals surface area contributed by atoms with Crippen molar-refractivity contribution < 1.29 is 9.90 Å². The summed E-state index contributed by atoms with van der Waals surface area (Å²) in [6, 6.07) is 0. The van der Waals surface area contributed by atoms with Crippen molar-refractivity contribution in [1.29, 1.82) is 0 Å². The zero-order valence-corrected chi connectivity index (χ0v) is 6.47. The van der Waals surface area contributed by atoms with Crippen molar-refractivity contribution in [3.05, 3.63) is 0 Å². The van der Waals surface area contributed by atoms with Gasteiger partial charge in [-0.2, -0.15) is 12.6 Å². The van der Waals surface area contributed by atoms with Crippen LogP contribution < -0.4 is 5.32 Å². The van der Waals surface area contributed by atoms with Crippen LogP contribution in [-0.2, 0) is 4.79 Å². The average Bonchev–Trinajstić information content (AvgIpc) is 1.88. The fraction of sp³-hybridized carbons (Fsp3) is 0.833. The summed E-state index contributed by atoms with van der Waals surface area (Å²) < 4.78 is 0. The fourth-order valence-corrected chi connectivity index (χ4v) is 1.54. The Morgan fingerprint density at radius 3 is 2.80 bits per heavy atom. The maximum absolute atomic E-state index is 10.5. The van der Waals surface area contributed by atoms with E-state index in [1.807, 2.05) is 0 Å². The van der Waals surface area contributed by atoms with Crippen LogP contribution in [0.25, 0.3) is 0 Å². The van der Waals surface area contributed by atoms with Crippen molar-refractivity contribution in [2.24, 2.45) is 5.92 Å². The molecule has 0 radical (unpaired) electrons. The lowest BCUT2D eigenvalue weighted by Gasteiger charge is -2.24. The van der Waals surface area contributed by atoms with E-state index in [-0.39, 0.29) is 11.2 Å². The van der Waals surface area contributed by atoms with E-state index >= 15 is 0 Å². The van der Waals surface area contributed by atoms with Crippen molar-refractivity contribution in [3.63, 3.8) is 0 Å². The monoisotopic (exact) mass is 161 g/mol. The van der Waals surface area contributed by atoms with Gasteiger partial charge in [0.05, 0.1) is 5.92 Å². The highest BCUT2D eigenvalue weighted by Gasteiger charge is 2.27. The summed E-state index contributed by atoms with van der Waals surface area (Å²) in [6.45, 7) is 1.51. The molecule has 1 aliphatic heterocycles. The smallest absolute Gasteiger partial charge is 0.307 e. The second-order valence-electron chi connectivity index (χ2n) is 2.50. The Labute approximate surface area is 65.2 Å². The number of carboxylic acid groups (broad SMARTS) is 1. The number of carbonyl (C=O) groups is 1. The van der Waals surface area contributed by atoms with E-state index in [1.165, 1.54) is 0 Å². The predicted molar refractivity (Wildman–Crippen MR) is 41.4 cm³/mol. The standard InChI is InChI=1S/C6H11NO2S/c8-6(9)4-1-2-7-3-5(4)10/h4-5,7,10H,1-3H2,(H,8,9)/t4-,5+/m0/s1. The number of hydrogen-bond donors (Lipinski definition) is 3. The Bertz CT molecular complexity index is 140. The number of thiol groups is 1. The second kappa shape index (κ2) is 3.25. The van der Waals surface area contributed by atoms with Crippen molar-refractivity contribution in [3.8, 4) is 0 Å². The van der Waals surface area contributed by atoms with Crippen LogP contribution in [0.5, 0.6) is 0 Å². The first-order chi connectivity index (χ1) is 4.72. The summed E-state index contributed by atoms with van der Waals surface area (Å²) in [4.78, 5) is 10.5. The number of piperidine rings is 1. The van der Waals surface area contributed by atoms with Gasteiger partial charge in [0.25, 0.3) is 0 Å². The summed E-state index contributed by atoms with van der Waals surface area (Å²) in [5, 5.41) is 11.7. The lowest BCUT2D eigenvalue weighted by atomic mass is 9.98. The SMILES string of the molecule is O=C(O)[C@H]1CCNC[C@H]1S. The Morgan fingerprint density at radius 2 is 2.40 bits per heavy atom. The van der Waals surface area contributed by atoms with Gasteiger partial charge in [0.2, 0.25) is 0 Å². The van der Waals surface area contributed by atoms with Crippen molar-refractivity contribution >= 4 is 18.6 Å². The van der Waals surface area contributed by atoms with E-state index in [4.69, 9.17) is 5.11 Å². The first-order valence-corrected chi connectivity index (χ1v) is 3.85. The zero-order chi connectivity index (χ0) is 7.56. The van der Waals surface area contributed by atoms with Gasteiger partial charge in [0.15, 0.2) is 0 Å². The summed E-state index contributed by atoms with van der Waals surface area (Å²) in [5.74, 6) is -0.980. The number of carboxylic acids is 1. The van der Waals surface area contributed by atoms with Gasteiger partial charge in [0, 0.05) is 11.8 Å². The highest BCUT2D eigenvalue weighted by atomic mass is 32.1. The highest BCUT2D eigenvalue weighted by Crippen LogP contribution is 2.17. The van der Waals surface area contributed by atoms with Crippen molar-refractivity contribution in [2.45, 2.75) is 11.7 Å². The highest BCUT2D eigenvalue weighted by molar-refractivity contribution is 7.81. The molecule has 1 rings (SSSR count). The van der Waals surface area contributed by atoms with Gasteiger partial charge < -0.3 is 10.4 Å². The lowest BCUT2D eigenvalue weighted by Crippen LogP contribution is -2.41. The largest absolute Gasteiger partial charge is 0.481 e. The van der Waals surface area contributed by atoms with E-state index in [9.17, 15) is 4.79 Å². The molecule has 10 heavy (non-hydrogen) atoms. The third-order valence-corrected chi connectivity index (χ3v) is 2.31. The molecule has 0 aromatic carbocycles. The molecule has 1 saturated heterocycles. The Morgan fingerprint density at radius 1 is 1.70 bits per heavy atom. The minimum absolute atomic E-state index is 0.0220. The summed E-state index contributed by atoms with van der Waals surface area (Å²) >= 11 is 4.15. The molecule has 1 fully saturated rings. The minimum atomic E-state index is -0.721. The maximum Gasteiger partial charge on any atom is 0.307 e. The number of aliphatic carboxylic acids is 1. The number of hydrogen-bond acceptors (Lipinski definition) is 3. The molecule has 0 saturated carbocycles. The molecule has 0 aromatic heterocycles. The van der Waals surface area contributed by atoms with E-state index in [2.05, 4.69) is 17.9 Å². The molecule has 4 heteroatoms. The zero-order valence-electron chi connectivity index (χ0n) is 5.58. The maximum atomic E-state index is 10.5. The van der Waals surface area contributed by atoms with E-state index in [0.29, 0.717) is 13.0 Å². The topological polar surface area (TPSA) is 49.3 Å². The van der Waals surface area contributed by atoms with Gasteiger partial charge in [-0.1, -0.05) is 0 Å². The molecule has 0 bridgehead atoms. The Balaban J connectivity index is 2.47. The molecule has 0 amide bonds. The van der Waals surface area contributed by atoms with Crippen LogP contribution in [0.2, 0.25) is 0 Å². The van der Waals surface area contributed by atoms with E-state index in [1.54, 1.807) is 0 Å². The molecule has 2 N–H and O–H groups in total. The van der Waals surface area contributed by atoms with E-state index < -0.39 is 5.97 Å². The first-order valence-electron chi connectivity index (χ1n) is 3.33. The molecule has 2 atom stereocenters. The third kappa shape index (κ3) is 1.64. The molecule has 0 aromatic rings. The summed E-state index contributed by atoms with van der Waals surface area (Å²) in [6.07, 6.45) is 0.698.